The number of hydrogen-bond donors (Lipinski definition) is 2. The number of nitrogens with one attached hydrogen (secondary N) is 1. The highest BCUT2D eigenvalue weighted by Gasteiger charge is 2.07. The summed E-state index contributed by atoms with van der Waals surface area (Å²) < 4.78 is 0. The Morgan fingerprint density at radius 1 is 0.846 bits per heavy atom. The average molecular weight is 343 g/mol. The van der Waals surface area contributed by atoms with E-state index in [2.05, 4.69) is 9.97 Å². The second-order valence-electron chi connectivity index (χ2n) is 5.55. The van der Waals surface area contributed by atoms with Crippen molar-refractivity contribution in [1.82, 2.24) is 9.97 Å². The third kappa shape index (κ3) is 4.02. The zero-order valence-corrected chi connectivity index (χ0v) is 13.9. The summed E-state index contributed by atoms with van der Waals surface area (Å²) >= 11 is 0. The molecule has 0 spiro atoms. The largest absolute Gasteiger partial charge is 0.366 e. The van der Waals surface area contributed by atoms with Crippen molar-refractivity contribution < 1.29 is 4.79 Å². The summed E-state index contributed by atoms with van der Waals surface area (Å²) in [4.78, 5) is 28.2. The lowest BCUT2D eigenvalue weighted by Gasteiger charge is -2.05. The van der Waals surface area contributed by atoms with E-state index in [9.17, 15) is 9.59 Å². The van der Waals surface area contributed by atoms with Crippen LogP contribution in [0.25, 0.3) is 22.0 Å². The van der Waals surface area contributed by atoms with Crippen LogP contribution in [0.1, 0.15) is 10.4 Å². The van der Waals surface area contributed by atoms with Gasteiger partial charge in [0.05, 0.1) is 5.52 Å². The van der Waals surface area contributed by atoms with Crippen molar-refractivity contribution in [2.45, 2.75) is 0 Å². The van der Waals surface area contributed by atoms with Crippen molar-refractivity contribution in [1.29, 1.82) is 0 Å². The van der Waals surface area contributed by atoms with Crippen LogP contribution in [0.2, 0.25) is 0 Å². The Morgan fingerprint density at radius 2 is 1.50 bits per heavy atom. The Balaban J connectivity index is 0.000000158. The molecule has 0 saturated heterocycles. The predicted octanol–water partition coefficient (Wildman–Crippen LogP) is 3.38. The molecule has 5 heteroatoms. The molecule has 0 bridgehead atoms. The number of fused-ring (bicyclic) bond motifs is 1. The molecule has 4 aromatic rings. The molecule has 1 aromatic heterocycles. The summed E-state index contributed by atoms with van der Waals surface area (Å²) in [5, 5.41) is 0.951. The SMILES string of the molecule is NC(=O)c1ccccc1-c1ccccc1.O=c1ncc2ccccc2[nH]1. The molecule has 0 saturated carbocycles. The molecule has 0 fully saturated rings. The molecule has 0 unspecified atom stereocenters. The minimum atomic E-state index is -0.394. The van der Waals surface area contributed by atoms with Crippen molar-refractivity contribution in [2.75, 3.05) is 0 Å². The highest BCUT2D eigenvalue weighted by atomic mass is 16.1. The van der Waals surface area contributed by atoms with Gasteiger partial charge in [-0.25, -0.2) is 9.78 Å². The first kappa shape index (κ1) is 17.1. The lowest BCUT2D eigenvalue weighted by Crippen LogP contribution is -2.12. The second-order valence-corrected chi connectivity index (χ2v) is 5.55. The minimum Gasteiger partial charge on any atom is -0.366 e. The van der Waals surface area contributed by atoms with Gasteiger partial charge in [0.2, 0.25) is 5.91 Å². The summed E-state index contributed by atoms with van der Waals surface area (Å²) in [5.74, 6) is -0.394. The number of carbonyl (C=O) groups excluding carboxylic acids is 1. The monoisotopic (exact) mass is 343 g/mol. The third-order valence-electron chi connectivity index (χ3n) is 3.80. The van der Waals surface area contributed by atoms with Crippen LogP contribution in [0.5, 0.6) is 0 Å². The van der Waals surface area contributed by atoms with E-state index in [1.54, 1.807) is 12.3 Å². The highest BCUT2D eigenvalue weighted by molar-refractivity contribution is 5.99. The molecule has 4 rings (SSSR count). The maximum absolute atomic E-state index is 11.2. The fourth-order valence-electron chi connectivity index (χ4n) is 2.57. The van der Waals surface area contributed by atoms with Gasteiger partial charge in [0.15, 0.2) is 0 Å². The van der Waals surface area contributed by atoms with E-state index in [0.29, 0.717) is 5.56 Å². The van der Waals surface area contributed by atoms with Gasteiger partial charge in [-0.3, -0.25) is 4.79 Å². The first-order valence-corrected chi connectivity index (χ1v) is 8.03. The van der Waals surface area contributed by atoms with E-state index in [-0.39, 0.29) is 5.69 Å². The van der Waals surface area contributed by atoms with Crippen LogP contribution in [0, 0.1) is 0 Å². The number of para-hydroxylation sites is 1. The van der Waals surface area contributed by atoms with E-state index >= 15 is 0 Å². The molecule has 3 N–H and O–H groups in total. The Labute approximate surface area is 150 Å². The number of carbonyl (C=O) groups is 1. The van der Waals surface area contributed by atoms with E-state index in [0.717, 1.165) is 22.0 Å². The third-order valence-corrected chi connectivity index (χ3v) is 3.80. The van der Waals surface area contributed by atoms with Crippen LogP contribution in [-0.2, 0) is 0 Å². The van der Waals surface area contributed by atoms with Crippen molar-refractivity contribution in [3.8, 4) is 11.1 Å². The summed E-state index contributed by atoms with van der Waals surface area (Å²) in [6, 6.07) is 24.6. The van der Waals surface area contributed by atoms with Gasteiger partial charge in [-0.1, -0.05) is 66.7 Å². The summed E-state index contributed by atoms with van der Waals surface area (Å²) in [6.45, 7) is 0. The standard InChI is InChI=1S/C13H11NO.C8H6N2O/c14-13(15)12-9-5-4-8-11(12)10-6-2-1-3-7-10;11-8-9-5-6-3-1-2-4-7(6)10-8/h1-9H,(H2,14,15);1-5H,(H,9,10,11). The molecular formula is C21H17N3O2. The molecule has 1 heterocycles. The first-order valence-electron chi connectivity index (χ1n) is 8.03. The maximum Gasteiger partial charge on any atom is 0.345 e. The minimum absolute atomic E-state index is 0.302. The molecule has 0 aliphatic rings. The summed E-state index contributed by atoms with van der Waals surface area (Å²) in [6.07, 6.45) is 1.56. The van der Waals surface area contributed by atoms with E-state index in [1.807, 2.05) is 72.8 Å². The highest BCUT2D eigenvalue weighted by Crippen LogP contribution is 2.22. The predicted molar refractivity (Wildman–Crippen MR) is 103 cm³/mol. The van der Waals surface area contributed by atoms with Crippen LogP contribution in [0.3, 0.4) is 0 Å². The van der Waals surface area contributed by atoms with Gasteiger partial charge >= 0.3 is 5.69 Å². The Bertz CT molecular complexity index is 1090. The van der Waals surface area contributed by atoms with Gasteiger partial charge < -0.3 is 10.7 Å². The Hall–Kier alpha value is -3.73. The van der Waals surface area contributed by atoms with E-state index < -0.39 is 5.91 Å². The number of primary amides is 1. The average Bonchev–Trinajstić information content (AvgIpc) is 2.69. The normalized spacial score (nSPS) is 10.0. The quantitative estimate of drug-likeness (QED) is 0.585. The number of amides is 1. The molecule has 0 aliphatic carbocycles. The van der Waals surface area contributed by atoms with E-state index in [4.69, 9.17) is 5.73 Å². The maximum atomic E-state index is 11.2. The van der Waals surface area contributed by atoms with Crippen molar-refractivity contribution in [2.24, 2.45) is 5.73 Å². The molecule has 26 heavy (non-hydrogen) atoms. The van der Waals surface area contributed by atoms with Crippen molar-refractivity contribution >= 4 is 16.8 Å². The van der Waals surface area contributed by atoms with Gasteiger partial charge in [0, 0.05) is 17.1 Å². The Kier molecular flexibility index (Phi) is 5.19. The van der Waals surface area contributed by atoms with Crippen LogP contribution >= 0.6 is 0 Å². The number of nitrogens with two attached hydrogens (primary N) is 1. The molecule has 1 amide bonds. The first-order chi connectivity index (χ1) is 12.6. The second kappa shape index (κ2) is 7.90. The zero-order chi connectivity index (χ0) is 18.4. The van der Waals surface area contributed by atoms with Gasteiger partial charge in [-0.2, -0.15) is 0 Å². The summed E-state index contributed by atoms with van der Waals surface area (Å²) in [5.41, 5.74) is 8.28. The molecule has 0 radical (unpaired) electrons. The topological polar surface area (TPSA) is 88.8 Å². The van der Waals surface area contributed by atoms with E-state index in [1.165, 1.54) is 0 Å². The van der Waals surface area contributed by atoms with Crippen molar-refractivity contribution in [3.05, 3.63) is 101 Å². The van der Waals surface area contributed by atoms with Gasteiger partial charge in [-0.15, -0.1) is 0 Å². The van der Waals surface area contributed by atoms with Gasteiger partial charge in [0.25, 0.3) is 0 Å². The molecular weight excluding hydrogens is 326 g/mol. The van der Waals surface area contributed by atoms with Crippen LogP contribution in [0.4, 0.5) is 0 Å². The summed E-state index contributed by atoms with van der Waals surface area (Å²) in [7, 11) is 0. The number of hydrogen-bond acceptors (Lipinski definition) is 3. The van der Waals surface area contributed by atoms with Crippen LogP contribution in [0.15, 0.2) is 89.9 Å². The lowest BCUT2D eigenvalue weighted by molar-refractivity contribution is 0.100. The molecule has 5 nitrogen and oxygen atoms in total. The molecule has 0 atom stereocenters. The molecule has 0 aliphatic heterocycles. The Morgan fingerprint density at radius 3 is 2.27 bits per heavy atom. The number of benzene rings is 3. The number of nitrogens with zero attached hydrogens (tertiary/aromatic N) is 1. The molecule has 3 aromatic carbocycles. The smallest absolute Gasteiger partial charge is 0.345 e. The van der Waals surface area contributed by atoms with Gasteiger partial charge in [-0.05, 0) is 23.3 Å². The fourth-order valence-corrected chi connectivity index (χ4v) is 2.57. The number of H-pyrrole nitrogens is 1. The van der Waals surface area contributed by atoms with Crippen molar-refractivity contribution in [3.63, 3.8) is 0 Å². The number of aromatic nitrogens is 2. The van der Waals surface area contributed by atoms with Gasteiger partial charge in [0.1, 0.15) is 0 Å². The van der Waals surface area contributed by atoms with Crippen LogP contribution in [-0.4, -0.2) is 15.9 Å². The fraction of sp³-hybridized carbons (Fsp3) is 0. The number of rotatable bonds is 2. The lowest BCUT2D eigenvalue weighted by atomic mass is 9.99. The van der Waals surface area contributed by atoms with Crippen LogP contribution < -0.4 is 11.4 Å². The number of aromatic amines is 1. The zero-order valence-electron chi connectivity index (χ0n) is 13.9. The molecule has 128 valence electrons.